The number of amides is 3. The number of nitrogens with zero attached hydrogens (tertiary/aromatic N) is 4. The molecule has 9 heteroatoms. The average Bonchev–Trinajstić information content (AvgIpc) is 3.41. The van der Waals surface area contributed by atoms with Crippen molar-refractivity contribution >= 4 is 17.8 Å². The predicted molar refractivity (Wildman–Crippen MR) is 120 cm³/mol. The van der Waals surface area contributed by atoms with Crippen molar-refractivity contribution in [3.8, 4) is 0 Å². The van der Waals surface area contributed by atoms with Crippen molar-refractivity contribution in [2.75, 3.05) is 11.9 Å². The minimum absolute atomic E-state index is 0.0283. The first-order chi connectivity index (χ1) is 14.9. The van der Waals surface area contributed by atoms with Crippen LogP contribution in [0.25, 0.3) is 0 Å². The zero-order chi connectivity index (χ0) is 23.3. The SMILES string of the molecule is Cc1cc(CC(=O)Nc2cc(C3CCC(N4CC(C)(C)NC4=O)C3)n(C(C)(C)C)n2)on1. The number of anilines is 1. The number of carbonyl (C=O) groups is 2. The largest absolute Gasteiger partial charge is 0.361 e. The Kier molecular flexibility index (Phi) is 5.55. The zero-order valence-electron chi connectivity index (χ0n) is 19.9. The Morgan fingerprint density at radius 3 is 2.66 bits per heavy atom. The molecule has 2 aromatic rings. The average molecular weight is 443 g/mol. The van der Waals surface area contributed by atoms with E-state index >= 15 is 0 Å². The molecule has 2 N–H and O–H groups in total. The van der Waals surface area contributed by atoms with Crippen LogP contribution in [-0.2, 0) is 16.8 Å². The molecule has 174 valence electrons. The predicted octanol–water partition coefficient (Wildman–Crippen LogP) is 3.56. The molecular weight excluding hydrogens is 408 g/mol. The third-order valence-electron chi connectivity index (χ3n) is 6.19. The molecule has 4 rings (SSSR count). The van der Waals surface area contributed by atoms with E-state index in [1.807, 2.05) is 22.6 Å². The molecular formula is C23H34N6O3. The van der Waals surface area contributed by atoms with Gasteiger partial charge >= 0.3 is 6.03 Å². The van der Waals surface area contributed by atoms with Gasteiger partial charge < -0.3 is 20.1 Å². The molecule has 1 aliphatic carbocycles. The molecule has 1 saturated heterocycles. The second-order valence-electron chi connectivity index (χ2n) is 10.8. The fourth-order valence-electron chi connectivity index (χ4n) is 4.83. The number of aromatic nitrogens is 3. The highest BCUT2D eigenvalue weighted by atomic mass is 16.5. The topological polar surface area (TPSA) is 105 Å². The summed E-state index contributed by atoms with van der Waals surface area (Å²) in [6, 6.07) is 3.99. The Bertz CT molecular complexity index is 1020. The molecule has 2 fully saturated rings. The molecule has 2 aliphatic rings. The van der Waals surface area contributed by atoms with Crippen molar-refractivity contribution in [2.45, 2.75) is 90.3 Å². The molecule has 32 heavy (non-hydrogen) atoms. The van der Waals surface area contributed by atoms with Crippen LogP contribution in [0.2, 0.25) is 0 Å². The number of urea groups is 1. The van der Waals surface area contributed by atoms with Crippen LogP contribution in [0.5, 0.6) is 0 Å². The van der Waals surface area contributed by atoms with Crippen molar-refractivity contribution in [3.63, 3.8) is 0 Å². The summed E-state index contributed by atoms with van der Waals surface area (Å²) in [6.45, 7) is 13.0. The van der Waals surface area contributed by atoms with Gasteiger partial charge in [-0.1, -0.05) is 5.16 Å². The van der Waals surface area contributed by atoms with Crippen LogP contribution in [0.4, 0.5) is 10.6 Å². The van der Waals surface area contributed by atoms with Gasteiger partial charge in [-0.2, -0.15) is 5.10 Å². The van der Waals surface area contributed by atoms with Crippen molar-refractivity contribution in [2.24, 2.45) is 0 Å². The molecule has 0 aromatic carbocycles. The van der Waals surface area contributed by atoms with Gasteiger partial charge in [-0.3, -0.25) is 9.48 Å². The normalized spacial score (nSPS) is 22.9. The smallest absolute Gasteiger partial charge is 0.318 e. The summed E-state index contributed by atoms with van der Waals surface area (Å²) in [5.41, 5.74) is 1.43. The van der Waals surface area contributed by atoms with Gasteiger partial charge in [-0.25, -0.2) is 4.79 Å². The number of carbonyl (C=O) groups excluding carboxylic acids is 2. The molecule has 0 spiro atoms. The maximum atomic E-state index is 12.5. The number of hydrogen-bond acceptors (Lipinski definition) is 5. The van der Waals surface area contributed by atoms with Crippen molar-refractivity contribution in [3.05, 3.63) is 29.3 Å². The van der Waals surface area contributed by atoms with Gasteiger partial charge in [-0.15, -0.1) is 0 Å². The van der Waals surface area contributed by atoms with Gasteiger partial charge in [0.25, 0.3) is 0 Å². The van der Waals surface area contributed by atoms with E-state index in [0.717, 1.165) is 37.2 Å². The fourth-order valence-corrected chi connectivity index (χ4v) is 4.83. The first kappa shape index (κ1) is 22.4. The summed E-state index contributed by atoms with van der Waals surface area (Å²) < 4.78 is 7.16. The fraction of sp³-hybridized carbons (Fsp3) is 0.652. The summed E-state index contributed by atoms with van der Waals surface area (Å²) in [7, 11) is 0. The Balaban J connectivity index is 1.49. The third-order valence-corrected chi connectivity index (χ3v) is 6.19. The number of hydrogen-bond donors (Lipinski definition) is 2. The molecule has 1 saturated carbocycles. The van der Waals surface area contributed by atoms with Gasteiger partial charge in [0, 0.05) is 36.3 Å². The van der Waals surface area contributed by atoms with Crippen LogP contribution in [-0.4, -0.2) is 49.9 Å². The molecule has 2 aromatic heterocycles. The van der Waals surface area contributed by atoms with Crippen LogP contribution < -0.4 is 10.6 Å². The lowest BCUT2D eigenvalue weighted by molar-refractivity contribution is -0.115. The second kappa shape index (κ2) is 7.94. The van der Waals surface area contributed by atoms with Crippen LogP contribution in [0.1, 0.15) is 76.9 Å². The van der Waals surface area contributed by atoms with Crippen LogP contribution in [0.3, 0.4) is 0 Å². The van der Waals surface area contributed by atoms with E-state index in [1.165, 1.54) is 0 Å². The van der Waals surface area contributed by atoms with Gasteiger partial charge in [-0.05, 0) is 60.8 Å². The summed E-state index contributed by atoms with van der Waals surface area (Å²) in [5, 5.41) is 14.5. The Labute approximate surface area is 188 Å². The minimum Gasteiger partial charge on any atom is -0.361 e. The first-order valence-electron chi connectivity index (χ1n) is 11.3. The van der Waals surface area contributed by atoms with Gasteiger partial charge in [0.05, 0.1) is 23.2 Å². The van der Waals surface area contributed by atoms with Crippen LogP contribution in [0.15, 0.2) is 16.7 Å². The van der Waals surface area contributed by atoms with Crippen molar-refractivity contribution in [1.29, 1.82) is 0 Å². The lowest BCUT2D eigenvalue weighted by Crippen LogP contribution is -2.36. The quantitative estimate of drug-likeness (QED) is 0.737. The molecule has 3 amide bonds. The highest BCUT2D eigenvalue weighted by molar-refractivity contribution is 5.91. The van der Waals surface area contributed by atoms with E-state index in [4.69, 9.17) is 9.62 Å². The Hall–Kier alpha value is -2.84. The molecule has 2 unspecified atom stereocenters. The molecule has 0 radical (unpaired) electrons. The van der Waals surface area contributed by atoms with E-state index in [2.05, 4.69) is 50.4 Å². The molecule has 1 aliphatic heterocycles. The molecule has 3 heterocycles. The molecule has 2 atom stereocenters. The zero-order valence-corrected chi connectivity index (χ0v) is 19.9. The lowest BCUT2D eigenvalue weighted by Gasteiger charge is -2.26. The van der Waals surface area contributed by atoms with Gasteiger partial charge in [0.2, 0.25) is 5.91 Å². The maximum Gasteiger partial charge on any atom is 0.318 e. The van der Waals surface area contributed by atoms with Gasteiger partial charge in [0.1, 0.15) is 5.76 Å². The maximum absolute atomic E-state index is 12.5. The van der Waals surface area contributed by atoms with Crippen molar-refractivity contribution in [1.82, 2.24) is 25.2 Å². The standard InChI is InChI=1S/C23H34N6O3/c1-14-9-17(32-27-14)11-20(30)24-19-12-18(29(26-19)22(2,3)4)15-7-8-16(10-15)28-13-23(5,6)25-21(28)31/h9,12,15-16H,7-8,10-11,13H2,1-6H3,(H,25,31)(H,24,26,30). The number of aryl methyl sites for hydroxylation is 1. The Morgan fingerprint density at radius 1 is 1.31 bits per heavy atom. The van der Waals surface area contributed by atoms with E-state index in [0.29, 0.717) is 11.6 Å². The van der Waals surface area contributed by atoms with Crippen LogP contribution in [0, 0.1) is 6.92 Å². The Morgan fingerprint density at radius 2 is 2.06 bits per heavy atom. The van der Waals surface area contributed by atoms with E-state index in [1.54, 1.807) is 6.07 Å². The minimum atomic E-state index is -0.231. The molecule has 9 nitrogen and oxygen atoms in total. The summed E-state index contributed by atoms with van der Waals surface area (Å²) in [5.74, 6) is 1.16. The first-order valence-corrected chi connectivity index (χ1v) is 11.3. The number of rotatable bonds is 5. The van der Waals surface area contributed by atoms with E-state index < -0.39 is 0 Å². The summed E-state index contributed by atoms with van der Waals surface area (Å²) >= 11 is 0. The highest BCUT2D eigenvalue weighted by Crippen LogP contribution is 2.40. The van der Waals surface area contributed by atoms with Crippen molar-refractivity contribution < 1.29 is 14.1 Å². The summed E-state index contributed by atoms with van der Waals surface area (Å²) in [4.78, 5) is 27.0. The van der Waals surface area contributed by atoms with Crippen LogP contribution >= 0.6 is 0 Å². The second-order valence-corrected chi connectivity index (χ2v) is 10.8. The highest BCUT2D eigenvalue weighted by Gasteiger charge is 2.42. The van der Waals surface area contributed by atoms with Gasteiger partial charge in [0.15, 0.2) is 5.82 Å². The molecule has 0 bridgehead atoms. The monoisotopic (exact) mass is 442 g/mol. The lowest BCUT2D eigenvalue weighted by atomic mass is 10.0. The summed E-state index contributed by atoms with van der Waals surface area (Å²) in [6.07, 6.45) is 2.97. The van der Waals surface area contributed by atoms with E-state index in [-0.39, 0.29) is 41.4 Å². The number of nitrogens with one attached hydrogen (secondary N) is 2. The van der Waals surface area contributed by atoms with E-state index in [9.17, 15) is 9.59 Å². The third kappa shape index (κ3) is 4.66.